The molecule has 1 aliphatic carbocycles. The maximum absolute atomic E-state index is 11.7. The molecule has 0 saturated heterocycles. The second-order valence-electron chi connectivity index (χ2n) is 4.66. The van der Waals surface area contributed by atoms with Crippen molar-refractivity contribution in [2.75, 3.05) is 19.8 Å². The molecule has 0 bridgehead atoms. The van der Waals surface area contributed by atoms with Crippen LogP contribution in [0.3, 0.4) is 0 Å². The number of carbonyl (C=O) groups is 1. The van der Waals surface area contributed by atoms with Gasteiger partial charge in [-0.15, -0.1) is 0 Å². The van der Waals surface area contributed by atoms with Crippen molar-refractivity contribution in [3.63, 3.8) is 0 Å². The van der Waals surface area contributed by atoms with Crippen molar-refractivity contribution in [3.05, 3.63) is 24.3 Å². The standard InChI is InChI=1S/C14H19NO4/c1-2-18-11-5-3-4-6-12(11)19-9-13(17)15-14(10-16)7-8-14/h3-6,16H,2,7-10H2,1H3,(H,15,17). The molecule has 2 rings (SSSR count). The Morgan fingerprint density at radius 1 is 1.32 bits per heavy atom. The van der Waals surface area contributed by atoms with Gasteiger partial charge in [0.05, 0.1) is 18.8 Å². The Balaban J connectivity index is 1.86. The molecule has 19 heavy (non-hydrogen) atoms. The van der Waals surface area contributed by atoms with Crippen molar-refractivity contribution in [3.8, 4) is 11.5 Å². The summed E-state index contributed by atoms with van der Waals surface area (Å²) in [5.74, 6) is 0.951. The fourth-order valence-corrected chi connectivity index (χ4v) is 1.79. The summed E-state index contributed by atoms with van der Waals surface area (Å²) < 4.78 is 10.9. The number of benzene rings is 1. The van der Waals surface area contributed by atoms with Gasteiger partial charge in [0.2, 0.25) is 0 Å². The lowest BCUT2D eigenvalue weighted by Gasteiger charge is -2.15. The van der Waals surface area contributed by atoms with Crippen LogP contribution in [0.15, 0.2) is 24.3 Å². The molecule has 1 aromatic carbocycles. The lowest BCUT2D eigenvalue weighted by Crippen LogP contribution is -2.42. The number of amides is 1. The molecule has 1 fully saturated rings. The van der Waals surface area contributed by atoms with Crippen molar-refractivity contribution in [2.45, 2.75) is 25.3 Å². The highest BCUT2D eigenvalue weighted by atomic mass is 16.5. The van der Waals surface area contributed by atoms with E-state index in [4.69, 9.17) is 14.6 Å². The van der Waals surface area contributed by atoms with Crippen LogP contribution >= 0.6 is 0 Å². The summed E-state index contributed by atoms with van der Waals surface area (Å²) in [6.45, 7) is 2.34. The molecule has 5 nitrogen and oxygen atoms in total. The molecule has 0 atom stereocenters. The fourth-order valence-electron chi connectivity index (χ4n) is 1.79. The summed E-state index contributed by atoms with van der Waals surface area (Å²) in [5, 5.41) is 11.9. The van der Waals surface area contributed by atoms with Gasteiger partial charge in [-0.25, -0.2) is 0 Å². The van der Waals surface area contributed by atoms with Gasteiger partial charge in [-0.2, -0.15) is 0 Å². The van der Waals surface area contributed by atoms with Crippen LogP contribution in [0, 0.1) is 0 Å². The van der Waals surface area contributed by atoms with Crippen LogP contribution in [-0.2, 0) is 4.79 Å². The number of aliphatic hydroxyl groups is 1. The maximum Gasteiger partial charge on any atom is 0.258 e. The fraction of sp³-hybridized carbons (Fsp3) is 0.500. The highest BCUT2D eigenvalue weighted by Crippen LogP contribution is 2.34. The largest absolute Gasteiger partial charge is 0.490 e. The van der Waals surface area contributed by atoms with Crippen LogP contribution in [-0.4, -0.2) is 36.4 Å². The maximum atomic E-state index is 11.7. The van der Waals surface area contributed by atoms with E-state index in [-0.39, 0.29) is 19.1 Å². The predicted octanol–water partition coefficient (Wildman–Crippen LogP) is 1.11. The molecule has 104 valence electrons. The van der Waals surface area contributed by atoms with Crippen LogP contribution in [0.5, 0.6) is 11.5 Å². The minimum atomic E-state index is -0.403. The first-order valence-electron chi connectivity index (χ1n) is 6.45. The Kier molecular flexibility index (Phi) is 4.27. The molecule has 0 unspecified atom stereocenters. The summed E-state index contributed by atoms with van der Waals surface area (Å²) in [4.78, 5) is 11.7. The highest BCUT2D eigenvalue weighted by Gasteiger charge is 2.43. The van der Waals surface area contributed by atoms with Gasteiger partial charge >= 0.3 is 0 Å². The second kappa shape index (κ2) is 5.93. The van der Waals surface area contributed by atoms with Crippen molar-refractivity contribution < 1.29 is 19.4 Å². The molecule has 0 aliphatic heterocycles. The molecule has 5 heteroatoms. The monoisotopic (exact) mass is 265 g/mol. The lowest BCUT2D eigenvalue weighted by molar-refractivity contribution is -0.124. The van der Waals surface area contributed by atoms with Crippen LogP contribution < -0.4 is 14.8 Å². The van der Waals surface area contributed by atoms with E-state index in [9.17, 15) is 4.79 Å². The molecule has 1 saturated carbocycles. The third-order valence-electron chi connectivity index (χ3n) is 3.07. The zero-order valence-electron chi connectivity index (χ0n) is 11.0. The van der Waals surface area contributed by atoms with Gasteiger partial charge in [0.25, 0.3) is 5.91 Å². The van der Waals surface area contributed by atoms with Crippen molar-refractivity contribution >= 4 is 5.91 Å². The van der Waals surface area contributed by atoms with Gasteiger partial charge in [-0.05, 0) is 31.9 Å². The van der Waals surface area contributed by atoms with Gasteiger partial charge in [-0.3, -0.25) is 4.79 Å². The summed E-state index contributed by atoms with van der Waals surface area (Å²) in [7, 11) is 0. The van der Waals surface area contributed by atoms with E-state index in [1.54, 1.807) is 12.1 Å². The SMILES string of the molecule is CCOc1ccccc1OCC(=O)NC1(CO)CC1. The molecular formula is C14H19NO4. The number of ether oxygens (including phenoxy) is 2. The van der Waals surface area contributed by atoms with Crippen LogP contribution in [0.2, 0.25) is 0 Å². The Hall–Kier alpha value is -1.75. The van der Waals surface area contributed by atoms with Crippen molar-refractivity contribution in [1.29, 1.82) is 0 Å². The average molecular weight is 265 g/mol. The number of hydrogen-bond acceptors (Lipinski definition) is 4. The van der Waals surface area contributed by atoms with Crippen LogP contribution in [0.4, 0.5) is 0 Å². The van der Waals surface area contributed by atoms with E-state index >= 15 is 0 Å². The predicted molar refractivity (Wildman–Crippen MR) is 70.3 cm³/mol. The molecule has 0 aromatic heterocycles. The van der Waals surface area contributed by atoms with E-state index in [0.717, 1.165) is 12.8 Å². The first-order chi connectivity index (χ1) is 9.19. The first-order valence-corrected chi connectivity index (χ1v) is 6.45. The van der Waals surface area contributed by atoms with Gasteiger partial charge in [0, 0.05) is 0 Å². The average Bonchev–Trinajstić information content (AvgIpc) is 3.18. The van der Waals surface area contributed by atoms with Gasteiger partial charge in [0.15, 0.2) is 18.1 Å². The summed E-state index contributed by atoms with van der Waals surface area (Å²) in [6.07, 6.45) is 1.65. The summed E-state index contributed by atoms with van der Waals surface area (Å²) in [6, 6.07) is 7.23. The van der Waals surface area contributed by atoms with Crippen molar-refractivity contribution in [1.82, 2.24) is 5.32 Å². The van der Waals surface area contributed by atoms with E-state index < -0.39 is 5.54 Å². The summed E-state index contributed by atoms with van der Waals surface area (Å²) >= 11 is 0. The zero-order valence-corrected chi connectivity index (χ0v) is 11.0. The van der Waals surface area contributed by atoms with E-state index in [1.807, 2.05) is 19.1 Å². The first kappa shape index (κ1) is 13.7. The minimum absolute atomic E-state index is 0.0196. The number of nitrogens with one attached hydrogen (secondary N) is 1. The number of hydrogen-bond donors (Lipinski definition) is 2. The molecule has 1 amide bonds. The third kappa shape index (κ3) is 3.61. The molecule has 2 N–H and O–H groups in total. The summed E-state index contributed by atoms with van der Waals surface area (Å²) in [5.41, 5.74) is -0.403. The molecular weight excluding hydrogens is 246 g/mol. The van der Waals surface area contributed by atoms with Crippen molar-refractivity contribution in [2.24, 2.45) is 0 Å². The third-order valence-corrected chi connectivity index (χ3v) is 3.07. The molecule has 0 heterocycles. The minimum Gasteiger partial charge on any atom is -0.490 e. The molecule has 1 aliphatic rings. The van der Waals surface area contributed by atoms with Gasteiger partial charge in [-0.1, -0.05) is 12.1 Å². The molecule has 1 aromatic rings. The van der Waals surface area contributed by atoms with Gasteiger partial charge in [0.1, 0.15) is 0 Å². The van der Waals surface area contributed by atoms with E-state index in [2.05, 4.69) is 5.32 Å². The number of rotatable bonds is 7. The zero-order chi connectivity index (χ0) is 13.7. The van der Waals surface area contributed by atoms with Gasteiger partial charge < -0.3 is 19.9 Å². The quantitative estimate of drug-likeness (QED) is 0.775. The Morgan fingerprint density at radius 3 is 2.47 bits per heavy atom. The normalized spacial score (nSPS) is 15.7. The number of carbonyl (C=O) groups excluding carboxylic acids is 1. The number of para-hydroxylation sites is 2. The Labute approximate surface area is 112 Å². The number of aliphatic hydroxyl groups excluding tert-OH is 1. The van der Waals surface area contributed by atoms with E-state index in [1.165, 1.54) is 0 Å². The van der Waals surface area contributed by atoms with Crippen LogP contribution in [0.25, 0.3) is 0 Å². The second-order valence-corrected chi connectivity index (χ2v) is 4.66. The topological polar surface area (TPSA) is 67.8 Å². The smallest absolute Gasteiger partial charge is 0.258 e. The molecule has 0 radical (unpaired) electrons. The highest BCUT2D eigenvalue weighted by molar-refractivity contribution is 5.79. The Morgan fingerprint density at radius 2 is 1.95 bits per heavy atom. The molecule has 0 spiro atoms. The van der Waals surface area contributed by atoms with Crippen LogP contribution in [0.1, 0.15) is 19.8 Å². The lowest BCUT2D eigenvalue weighted by atomic mass is 10.3. The Bertz CT molecular complexity index is 443. The van der Waals surface area contributed by atoms with E-state index in [0.29, 0.717) is 18.1 Å².